The Hall–Kier alpha value is -2.36. The fraction of sp³-hybridized carbons (Fsp3) is 0.200. The summed E-state index contributed by atoms with van der Waals surface area (Å²) in [6.07, 6.45) is 4.85. The Morgan fingerprint density at radius 1 is 1.37 bits per heavy atom. The topological polar surface area (TPSA) is 48.4 Å². The molecule has 0 aliphatic heterocycles. The van der Waals surface area contributed by atoms with Gasteiger partial charge in [-0.05, 0) is 30.7 Å². The van der Waals surface area contributed by atoms with Crippen molar-refractivity contribution in [3.05, 3.63) is 42.1 Å². The molecule has 1 heterocycles. The van der Waals surface area contributed by atoms with E-state index in [2.05, 4.69) is 4.98 Å². The first-order valence-corrected chi connectivity index (χ1v) is 6.02. The molecule has 19 heavy (non-hydrogen) atoms. The molecule has 4 heteroatoms. The number of carbonyl (C=O) groups excluding carboxylic acids is 1. The molecule has 0 spiro atoms. The average Bonchev–Trinajstić information content (AvgIpc) is 2.45. The van der Waals surface area contributed by atoms with Crippen LogP contribution in [0.25, 0.3) is 17.0 Å². The van der Waals surface area contributed by atoms with Gasteiger partial charge in [-0.25, -0.2) is 4.79 Å². The third kappa shape index (κ3) is 2.91. The summed E-state index contributed by atoms with van der Waals surface area (Å²) in [5.74, 6) is 0.360. The molecule has 0 saturated carbocycles. The number of ether oxygens (including phenoxy) is 2. The minimum absolute atomic E-state index is 0.352. The Morgan fingerprint density at radius 3 is 2.95 bits per heavy atom. The van der Waals surface area contributed by atoms with Crippen molar-refractivity contribution >= 4 is 22.9 Å². The lowest BCUT2D eigenvalue weighted by Crippen LogP contribution is -1.98. The predicted molar refractivity (Wildman–Crippen MR) is 74.0 cm³/mol. The van der Waals surface area contributed by atoms with Gasteiger partial charge < -0.3 is 9.47 Å². The number of hydrogen-bond acceptors (Lipinski definition) is 4. The number of aromatic nitrogens is 1. The highest BCUT2D eigenvalue weighted by Crippen LogP contribution is 2.27. The molecule has 0 bridgehead atoms. The van der Waals surface area contributed by atoms with Crippen LogP contribution in [0.4, 0.5) is 0 Å². The van der Waals surface area contributed by atoms with E-state index in [1.54, 1.807) is 26.3 Å². The van der Waals surface area contributed by atoms with Gasteiger partial charge in [0.05, 0.1) is 13.7 Å². The minimum atomic E-state index is -0.352. The van der Waals surface area contributed by atoms with Gasteiger partial charge in [0.25, 0.3) is 0 Å². The van der Waals surface area contributed by atoms with Crippen molar-refractivity contribution in [2.45, 2.75) is 6.92 Å². The second-order valence-corrected chi connectivity index (χ2v) is 3.84. The third-order valence-corrected chi connectivity index (χ3v) is 2.67. The fourth-order valence-electron chi connectivity index (χ4n) is 1.83. The lowest BCUT2D eigenvalue weighted by Gasteiger charge is -2.06. The van der Waals surface area contributed by atoms with Crippen molar-refractivity contribution in [3.8, 4) is 5.75 Å². The molecule has 2 aromatic rings. The lowest BCUT2D eigenvalue weighted by atomic mass is 10.1. The van der Waals surface area contributed by atoms with Crippen LogP contribution in [-0.2, 0) is 9.53 Å². The third-order valence-electron chi connectivity index (χ3n) is 2.67. The molecular weight excluding hydrogens is 242 g/mol. The fourth-order valence-corrected chi connectivity index (χ4v) is 1.83. The van der Waals surface area contributed by atoms with Gasteiger partial charge in [0, 0.05) is 17.7 Å². The number of pyridine rings is 1. The van der Waals surface area contributed by atoms with E-state index in [0.717, 1.165) is 16.5 Å². The summed E-state index contributed by atoms with van der Waals surface area (Å²) < 4.78 is 10.1. The van der Waals surface area contributed by atoms with Gasteiger partial charge in [-0.15, -0.1) is 0 Å². The van der Waals surface area contributed by atoms with Gasteiger partial charge in [0.2, 0.25) is 0 Å². The maximum atomic E-state index is 11.3. The number of rotatable bonds is 4. The van der Waals surface area contributed by atoms with Crippen molar-refractivity contribution in [2.75, 3.05) is 13.7 Å². The molecule has 1 aromatic heterocycles. The van der Waals surface area contributed by atoms with Crippen molar-refractivity contribution in [2.24, 2.45) is 0 Å². The SMILES string of the molecule is CCOC(=O)/C=C/c1ccc(OC)c2ncccc12. The number of nitrogens with zero attached hydrogens (tertiary/aromatic N) is 1. The highest BCUT2D eigenvalue weighted by Gasteiger charge is 2.05. The van der Waals surface area contributed by atoms with E-state index in [1.165, 1.54) is 6.08 Å². The number of hydrogen-bond donors (Lipinski definition) is 0. The first-order valence-electron chi connectivity index (χ1n) is 6.02. The highest BCUT2D eigenvalue weighted by atomic mass is 16.5. The van der Waals surface area contributed by atoms with E-state index in [1.807, 2.05) is 24.3 Å². The molecule has 0 aliphatic rings. The normalized spacial score (nSPS) is 10.8. The zero-order valence-electron chi connectivity index (χ0n) is 10.9. The van der Waals surface area contributed by atoms with E-state index in [9.17, 15) is 4.79 Å². The Bertz CT molecular complexity index is 620. The largest absolute Gasteiger partial charge is 0.494 e. The molecule has 0 radical (unpaired) electrons. The molecule has 0 aliphatic carbocycles. The Morgan fingerprint density at radius 2 is 2.21 bits per heavy atom. The molecule has 4 nitrogen and oxygen atoms in total. The molecule has 0 amide bonds. The zero-order valence-corrected chi connectivity index (χ0v) is 10.9. The molecule has 98 valence electrons. The average molecular weight is 257 g/mol. The van der Waals surface area contributed by atoms with Crippen LogP contribution in [0, 0.1) is 0 Å². The summed E-state index contributed by atoms with van der Waals surface area (Å²) in [6.45, 7) is 2.15. The number of methoxy groups -OCH3 is 1. The highest BCUT2D eigenvalue weighted by molar-refractivity contribution is 5.95. The van der Waals surface area contributed by atoms with E-state index in [4.69, 9.17) is 9.47 Å². The van der Waals surface area contributed by atoms with Crippen molar-refractivity contribution in [1.82, 2.24) is 4.98 Å². The summed E-state index contributed by atoms with van der Waals surface area (Å²) >= 11 is 0. The number of benzene rings is 1. The van der Waals surface area contributed by atoms with E-state index in [0.29, 0.717) is 12.4 Å². The molecule has 0 N–H and O–H groups in total. The van der Waals surface area contributed by atoms with Crippen molar-refractivity contribution in [1.29, 1.82) is 0 Å². The first-order chi connectivity index (χ1) is 9.26. The van der Waals surface area contributed by atoms with Gasteiger partial charge >= 0.3 is 5.97 Å². The van der Waals surface area contributed by atoms with Crippen LogP contribution in [0.1, 0.15) is 12.5 Å². The number of esters is 1. The Kier molecular flexibility index (Phi) is 4.13. The Balaban J connectivity index is 2.42. The van der Waals surface area contributed by atoms with E-state index < -0.39 is 0 Å². The number of fused-ring (bicyclic) bond motifs is 1. The molecule has 0 unspecified atom stereocenters. The maximum Gasteiger partial charge on any atom is 0.330 e. The smallest absolute Gasteiger partial charge is 0.330 e. The summed E-state index contributed by atoms with van der Waals surface area (Å²) in [4.78, 5) is 15.6. The van der Waals surface area contributed by atoms with Crippen LogP contribution in [0.5, 0.6) is 5.75 Å². The lowest BCUT2D eigenvalue weighted by molar-refractivity contribution is -0.137. The van der Waals surface area contributed by atoms with E-state index in [-0.39, 0.29) is 5.97 Å². The van der Waals surface area contributed by atoms with Crippen LogP contribution in [0.15, 0.2) is 36.5 Å². The van der Waals surface area contributed by atoms with Gasteiger partial charge in [-0.3, -0.25) is 4.98 Å². The monoisotopic (exact) mass is 257 g/mol. The molecular formula is C15H15NO3. The minimum Gasteiger partial charge on any atom is -0.494 e. The first kappa shape index (κ1) is 13.1. The Labute approximate surface area is 111 Å². The van der Waals surface area contributed by atoms with Gasteiger partial charge in [0.1, 0.15) is 11.3 Å². The maximum absolute atomic E-state index is 11.3. The van der Waals surface area contributed by atoms with Crippen LogP contribution in [-0.4, -0.2) is 24.7 Å². The zero-order chi connectivity index (χ0) is 13.7. The molecule has 1 aromatic carbocycles. The van der Waals surface area contributed by atoms with Crippen LogP contribution >= 0.6 is 0 Å². The van der Waals surface area contributed by atoms with Gasteiger partial charge in [-0.1, -0.05) is 12.1 Å². The molecule has 0 saturated heterocycles. The summed E-state index contributed by atoms with van der Waals surface area (Å²) in [6, 6.07) is 7.51. The standard InChI is InChI=1S/C15H15NO3/c1-3-19-14(17)9-7-11-6-8-13(18-2)15-12(11)5-4-10-16-15/h4-10H,3H2,1-2H3/b9-7+. The quantitative estimate of drug-likeness (QED) is 0.624. The summed E-state index contributed by atoms with van der Waals surface area (Å²) in [5.41, 5.74) is 1.67. The summed E-state index contributed by atoms with van der Waals surface area (Å²) in [5, 5.41) is 0.933. The van der Waals surface area contributed by atoms with E-state index >= 15 is 0 Å². The van der Waals surface area contributed by atoms with Crippen LogP contribution in [0.3, 0.4) is 0 Å². The second kappa shape index (κ2) is 6.00. The van der Waals surface area contributed by atoms with Crippen molar-refractivity contribution in [3.63, 3.8) is 0 Å². The van der Waals surface area contributed by atoms with Gasteiger partial charge in [-0.2, -0.15) is 0 Å². The van der Waals surface area contributed by atoms with Crippen molar-refractivity contribution < 1.29 is 14.3 Å². The molecule has 0 atom stereocenters. The predicted octanol–water partition coefficient (Wildman–Crippen LogP) is 2.82. The second-order valence-electron chi connectivity index (χ2n) is 3.84. The van der Waals surface area contributed by atoms with Crippen LogP contribution < -0.4 is 4.74 Å². The van der Waals surface area contributed by atoms with Crippen LogP contribution in [0.2, 0.25) is 0 Å². The van der Waals surface area contributed by atoms with Gasteiger partial charge in [0.15, 0.2) is 0 Å². The summed E-state index contributed by atoms with van der Waals surface area (Å²) in [7, 11) is 1.61. The molecule has 2 rings (SSSR count). The number of carbonyl (C=O) groups is 1. The molecule has 0 fully saturated rings.